The van der Waals surface area contributed by atoms with Crippen molar-refractivity contribution in [2.75, 3.05) is 5.32 Å². The van der Waals surface area contributed by atoms with Crippen molar-refractivity contribution in [1.29, 1.82) is 0 Å². The van der Waals surface area contributed by atoms with Crippen LogP contribution in [-0.2, 0) is 16.0 Å². The first-order valence-electron chi connectivity index (χ1n) is 6.73. The van der Waals surface area contributed by atoms with Gasteiger partial charge in [-0.25, -0.2) is 19.6 Å². The molecule has 2 aromatic rings. The predicted octanol–water partition coefficient (Wildman–Crippen LogP) is 1.57. The normalized spacial score (nSPS) is 9.96. The molecule has 23 heavy (non-hydrogen) atoms. The molecule has 2 rings (SSSR count). The predicted molar refractivity (Wildman–Crippen MR) is 81.6 cm³/mol. The lowest BCUT2D eigenvalue weighted by molar-refractivity contribution is -0.140. The van der Waals surface area contributed by atoms with Gasteiger partial charge in [-0.15, -0.1) is 0 Å². The Bertz CT molecular complexity index is 758. The van der Waals surface area contributed by atoms with Crippen LogP contribution >= 0.6 is 0 Å². The number of hydrogen-bond donors (Lipinski definition) is 3. The second kappa shape index (κ2) is 7.12. The number of nitrogens with zero attached hydrogens (tertiary/aromatic N) is 3. The molecule has 8 heteroatoms. The summed E-state index contributed by atoms with van der Waals surface area (Å²) in [6.07, 6.45) is 4.80. The van der Waals surface area contributed by atoms with E-state index in [9.17, 15) is 9.59 Å². The molecule has 0 spiro atoms. The largest absolute Gasteiger partial charge is 0.477 e. The van der Waals surface area contributed by atoms with Crippen LogP contribution in [0.15, 0.2) is 42.4 Å². The Balaban J connectivity index is 2.28. The summed E-state index contributed by atoms with van der Waals surface area (Å²) >= 11 is 0. The van der Waals surface area contributed by atoms with Gasteiger partial charge in [0.15, 0.2) is 11.4 Å². The topological polar surface area (TPSA) is 125 Å². The van der Waals surface area contributed by atoms with Gasteiger partial charge in [0.25, 0.3) is 0 Å². The highest BCUT2D eigenvalue weighted by molar-refractivity contribution is 6.12. The molecule has 118 valence electrons. The van der Waals surface area contributed by atoms with Gasteiger partial charge >= 0.3 is 11.9 Å². The zero-order valence-electron chi connectivity index (χ0n) is 12.2. The minimum Gasteiger partial charge on any atom is -0.477 e. The molecule has 0 aliphatic heterocycles. The lowest BCUT2D eigenvalue weighted by atomic mass is 10.2. The van der Waals surface area contributed by atoms with E-state index in [4.69, 9.17) is 10.2 Å². The van der Waals surface area contributed by atoms with Crippen molar-refractivity contribution < 1.29 is 19.8 Å². The molecule has 3 N–H and O–H groups in total. The van der Waals surface area contributed by atoms with Gasteiger partial charge in [-0.2, -0.15) is 0 Å². The lowest BCUT2D eigenvalue weighted by Gasteiger charge is -2.05. The van der Waals surface area contributed by atoms with E-state index >= 15 is 0 Å². The summed E-state index contributed by atoms with van der Waals surface area (Å²) in [7, 11) is 0. The molecule has 8 nitrogen and oxygen atoms in total. The summed E-state index contributed by atoms with van der Waals surface area (Å²) in [6, 6.07) is 5.12. The van der Waals surface area contributed by atoms with E-state index in [1.807, 2.05) is 13.0 Å². The monoisotopic (exact) mass is 314 g/mol. The first kappa shape index (κ1) is 16.1. The van der Waals surface area contributed by atoms with Crippen LogP contribution in [0.25, 0.3) is 11.4 Å². The number of aliphatic carboxylic acids is 2. The van der Waals surface area contributed by atoms with E-state index in [1.54, 1.807) is 12.3 Å². The third-order valence-electron chi connectivity index (χ3n) is 2.92. The summed E-state index contributed by atoms with van der Waals surface area (Å²) in [5.74, 6) is -2.38. The molecule has 0 radical (unpaired) electrons. The van der Waals surface area contributed by atoms with Gasteiger partial charge in [0.1, 0.15) is 5.82 Å². The van der Waals surface area contributed by atoms with Crippen LogP contribution in [0.3, 0.4) is 0 Å². The van der Waals surface area contributed by atoms with Gasteiger partial charge in [-0.1, -0.05) is 6.92 Å². The van der Waals surface area contributed by atoms with Gasteiger partial charge in [0.2, 0.25) is 0 Å². The Morgan fingerprint density at radius 3 is 2.52 bits per heavy atom. The maximum atomic E-state index is 10.8. The Morgan fingerprint density at radius 1 is 1.17 bits per heavy atom. The number of aryl methyl sites for hydroxylation is 1. The number of carbonyl (C=O) groups is 2. The summed E-state index contributed by atoms with van der Waals surface area (Å²) in [4.78, 5) is 34.2. The quantitative estimate of drug-likeness (QED) is 0.417. The molecular formula is C15H14N4O4. The number of carboxylic acids is 2. The molecule has 0 aromatic carbocycles. The van der Waals surface area contributed by atoms with Crippen molar-refractivity contribution in [1.82, 2.24) is 15.0 Å². The van der Waals surface area contributed by atoms with Crippen molar-refractivity contribution >= 4 is 17.8 Å². The number of nitrogens with one attached hydrogen (secondary N) is 1. The Hall–Kier alpha value is -3.29. The average molecular weight is 314 g/mol. The third kappa shape index (κ3) is 4.10. The van der Waals surface area contributed by atoms with E-state index in [0.717, 1.165) is 23.9 Å². The fourth-order valence-corrected chi connectivity index (χ4v) is 1.75. The Morgan fingerprint density at radius 2 is 1.87 bits per heavy atom. The van der Waals surface area contributed by atoms with Gasteiger partial charge < -0.3 is 15.5 Å². The van der Waals surface area contributed by atoms with E-state index < -0.39 is 17.5 Å². The fourth-order valence-electron chi connectivity index (χ4n) is 1.75. The molecule has 0 fully saturated rings. The van der Waals surface area contributed by atoms with Crippen molar-refractivity contribution in [3.05, 3.63) is 48.1 Å². The van der Waals surface area contributed by atoms with Crippen LogP contribution in [0.4, 0.5) is 5.82 Å². The van der Waals surface area contributed by atoms with Gasteiger partial charge in [-0.3, -0.25) is 4.98 Å². The van der Waals surface area contributed by atoms with Gasteiger partial charge in [0, 0.05) is 29.9 Å². The molecule has 0 saturated carbocycles. The van der Waals surface area contributed by atoms with Crippen LogP contribution in [0.2, 0.25) is 0 Å². The fraction of sp³-hybridized carbons (Fsp3) is 0.133. The summed E-state index contributed by atoms with van der Waals surface area (Å²) in [5, 5.41) is 20.1. The summed E-state index contributed by atoms with van der Waals surface area (Å²) in [6.45, 7) is 1.98. The lowest BCUT2D eigenvalue weighted by Crippen LogP contribution is -2.13. The Kier molecular flexibility index (Phi) is 4.98. The average Bonchev–Trinajstić information content (AvgIpc) is 2.54. The molecule has 0 unspecified atom stereocenters. The number of rotatable bonds is 6. The molecule has 0 aliphatic carbocycles. The molecule has 0 bridgehead atoms. The zero-order valence-corrected chi connectivity index (χ0v) is 12.2. The maximum Gasteiger partial charge on any atom is 0.344 e. The van der Waals surface area contributed by atoms with Crippen molar-refractivity contribution in [2.45, 2.75) is 13.3 Å². The van der Waals surface area contributed by atoms with Crippen LogP contribution in [-0.4, -0.2) is 37.1 Å². The number of aromatic nitrogens is 3. The third-order valence-corrected chi connectivity index (χ3v) is 2.92. The van der Waals surface area contributed by atoms with Crippen molar-refractivity contribution in [2.24, 2.45) is 0 Å². The van der Waals surface area contributed by atoms with Crippen LogP contribution in [0.1, 0.15) is 12.6 Å². The van der Waals surface area contributed by atoms with Gasteiger partial charge in [0.05, 0.1) is 0 Å². The second-order valence-corrected chi connectivity index (χ2v) is 4.47. The van der Waals surface area contributed by atoms with Crippen molar-refractivity contribution in [3.63, 3.8) is 0 Å². The zero-order chi connectivity index (χ0) is 16.8. The molecule has 0 atom stereocenters. The highest BCUT2D eigenvalue weighted by Crippen LogP contribution is 2.17. The number of carboxylic acid groups (broad SMARTS) is 2. The highest BCUT2D eigenvalue weighted by Gasteiger charge is 2.15. The molecule has 2 aromatic heterocycles. The van der Waals surface area contributed by atoms with Crippen molar-refractivity contribution in [3.8, 4) is 11.4 Å². The SMILES string of the molecule is CCc1cc(-c2nccc(NC=C(C(=O)O)C(=O)O)n2)ccn1. The minimum absolute atomic E-state index is 0.282. The van der Waals surface area contributed by atoms with Crippen LogP contribution in [0.5, 0.6) is 0 Å². The summed E-state index contributed by atoms with van der Waals surface area (Å²) in [5.41, 5.74) is 0.868. The molecule has 2 heterocycles. The summed E-state index contributed by atoms with van der Waals surface area (Å²) < 4.78 is 0. The van der Waals surface area contributed by atoms with Crippen LogP contribution in [0, 0.1) is 0 Å². The molecular weight excluding hydrogens is 300 g/mol. The molecule has 0 aliphatic rings. The number of pyridine rings is 1. The first-order chi connectivity index (χ1) is 11.0. The molecule has 0 saturated heterocycles. The van der Waals surface area contributed by atoms with Gasteiger partial charge in [-0.05, 0) is 24.6 Å². The van der Waals surface area contributed by atoms with E-state index in [0.29, 0.717) is 5.82 Å². The van der Waals surface area contributed by atoms with E-state index in [2.05, 4.69) is 20.3 Å². The Labute approximate surface area is 131 Å². The van der Waals surface area contributed by atoms with E-state index in [-0.39, 0.29) is 5.82 Å². The minimum atomic E-state index is -1.54. The maximum absolute atomic E-state index is 10.8. The first-order valence-corrected chi connectivity index (χ1v) is 6.73. The second-order valence-electron chi connectivity index (χ2n) is 4.47. The smallest absolute Gasteiger partial charge is 0.344 e. The standard InChI is InChI=1S/C15H14N4O4/c1-2-10-7-9(3-5-16-10)13-17-6-4-12(19-13)18-8-11(14(20)21)15(22)23/h3-8H,2H2,1H3,(H,20,21)(H,22,23)(H,17,18,19). The van der Waals surface area contributed by atoms with Crippen LogP contribution < -0.4 is 5.32 Å². The van der Waals surface area contributed by atoms with E-state index in [1.165, 1.54) is 12.3 Å². The highest BCUT2D eigenvalue weighted by atomic mass is 16.4. The number of anilines is 1. The molecule has 0 amide bonds. The number of hydrogen-bond acceptors (Lipinski definition) is 6.